The highest BCUT2D eigenvalue weighted by molar-refractivity contribution is 7.89. The van der Waals surface area contributed by atoms with E-state index in [9.17, 15) is 13.2 Å². The first kappa shape index (κ1) is 23.2. The Morgan fingerprint density at radius 3 is 2.33 bits per heavy atom. The van der Waals surface area contributed by atoms with E-state index in [0.717, 1.165) is 9.87 Å². The second-order valence-corrected chi connectivity index (χ2v) is 16.5. The smallest absolute Gasteiger partial charge is 0.273 e. The Morgan fingerprint density at radius 2 is 1.80 bits per heavy atom. The van der Waals surface area contributed by atoms with Crippen LogP contribution in [-0.4, -0.2) is 52.3 Å². The molecule has 166 valence electrons. The molecule has 1 aromatic carbocycles. The molecule has 0 spiro atoms. The summed E-state index contributed by atoms with van der Waals surface area (Å²) in [5.41, 5.74) is -0.369. The average molecular weight is 452 g/mol. The van der Waals surface area contributed by atoms with E-state index in [1.54, 1.807) is 36.4 Å². The van der Waals surface area contributed by atoms with Gasteiger partial charge in [-0.15, -0.1) is 0 Å². The fourth-order valence-corrected chi connectivity index (χ4v) is 6.46. The van der Waals surface area contributed by atoms with Crippen molar-refractivity contribution in [2.75, 3.05) is 13.7 Å². The first-order valence-electron chi connectivity index (χ1n) is 10.3. The van der Waals surface area contributed by atoms with Gasteiger partial charge in [0.2, 0.25) is 0 Å². The van der Waals surface area contributed by atoms with Gasteiger partial charge in [0.15, 0.2) is 13.9 Å². The number of ether oxygens (including phenoxy) is 1. The van der Waals surface area contributed by atoms with E-state index in [1.807, 2.05) is 6.92 Å². The highest BCUT2D eigenvalue weighted by Crippen LogP contribution is 2.45. The van der Waals surface area contributed by atoms with Gasteiger partial charge in [-0.1, -0.05) is 44.5 Å². The minimum atomic E-state index is -3.98. The molecule has 3 atom stereocenters. The highest BCUT2D eigenvalue weighted by Gasteiger charge is 2.59. The number of rotatable bonds is 6. The molecule has 0 unspecified atom stereocenters. The Morgan fingerprint density at radius 1 is 1.20 bits per heavy atom. The highest BCUT2D eigenvalue weighted by atomic mass is 32.2. The maximum Gasteiger partial charge on any atom is 0.273 e. The number of carbonyl (C=O) groups excluding carboxylic acids is 1. The summed E-state index contributed by atoms with van der Waals surface area (Å²) in [6.45, 7) is 13.1. The molecule has 8 heteroatoms. The normalized spacial score (nSPS) is 27.0. The van der Waals surface area contributed by atoms with Crippen molar-refractivity contribution >= 4 is 24.2 Å². The molecule has 1 saturated heterocycles. The zero-order valence-corrected chi connectivity index (χ0v) is 20.7. The first-order valence-corrected chi connectivity index (χ1v) is 14.6. The molecule has 1 aromatic rings. The third kappa shape index (κ3) is 3.68. The van der Waals surface area contributed by atoms with Crippen molar-refractivity contribution in [1.29, 1.82) is 0 Å². The van der Waals surface area contributed by atoms with Gasteiger partial charge in [-0.3, -0.25) is 4.79 Å². The van der Waals surface area contributed by atoms with Crippen LogP contribution in [0.15, 0.2) is 41.3 Å². The van der Waals surface area contributed by atoms with Crippen molar-refractivity contribution in [3.8, 4) is 0 Å². The van der Waals surface area contributed by atoms with E-state index in [4.69, 9.17) is 9.16 Å². The molecule has 0 N–H and O–H groups in total. The third-order valence-electron chi connectivity index (χ3n) is 6.90. The lowest BCUT2D eigenvalue weighted by atomic mass is 9.74. The lowest BCUT2D eigenvalue weighted by molar-refractivity contribution is -0.162. The van der Waals surface area contributed by atoms with Crippen molar-refractivity contribution in [3.63, 3.8) is 0 Å². The number of sulfonamides is 1. The number of benzene rings is 1. The standard InChI is InChI=1S/C22H33NO5SSi/c1-16-8-10-19(11-9-16)29(25,26)23-18-12-13-22(27-5,20(23)24)17(14-18)15-28-30(6,7)21(2,3)4/h8-13,17-18H,14-15H2,1-7H3/t17-,18-,22-/m1/s1. The SMILES string of the molecule is CO[C@]12C=C[C@H](C[C@@H]1CO[Si](C)(C)C(C)(C)C)N(S(=O)(=O)c1ccc(C)cc1)C2=O. The zero-order valence-electron chi connectivity index (χ0n) is 18.9. The third-order valence-corrected chi connectivity index (χ3v) is 13.2. The lowest BCUT2D eigenvalue weighted by Gasteiger charge is -2.51. The van der Waals surface area contributed by atoms with Crippen LogP contribution in [0.1, 0.15) is 32.8 Å². The van der Waals surface area contributed by atoms with Gasteiger partial charge in [0.25, 0.3) is 15.9 Å². The van der Waals surface area contributed by atoms with Gasteiger partial charge in [-0.25, -0.2) is 12.7 Å². The summed E-state index contributed by atoms with van der Waals surface area (Å²) in [4.78, 5) is 13.6. The van der Waals surface area contributed by atoms with Crippen molar-refractivity contribution in [2.24, 2.45) is 5.92 Å². The Hall–Kier alpha value is -1.48. The van der Waals surface area contributed by atoms with Crippen molar-refractivity contribution < 1.29 is 22.4 Å². The molecule has 2 bridgehead atoms. The topological polar surface area (TPSA) is 72.9 Å². The number of hydrogen-bond donors (Lipinski definition) is 0. The van der Waals surface area contributed by atoms with Gasteiger partial charge in [0.1, 0.15) is 0 Å². The minimum Gasteiger partial charge on any atom is -0.416 e. The molecule has 30 heavy (non-hydrogen) atoms. The van der Waals surface area contributed by atoms with Crippen LogP contribution in [-0.2, 0) is 24.0 Å². The molecule has 1 fully saturated rings. The predicted octanol–water partition coefficient (Wildman–Crippen LogP) is 3.88. The molecule has 4 rings (SSSR count). The quantitative estimate of drug-likeness (QED) is 0.485. The van der Waals surface area contributed by atoms with E-state index in [2.05, 4.69) is 33.9 Å². The molecule has 1 amide bonds. The van der Waals surface area contributed by atoms with Crippen molar-refractivity contribution in [1.82, 2.24) is 4.31 Å². The molecule has 6 nitrogen and oxygen atoms in total. The number of aryl methyl sites for hydroxylation is 1. The summed E-state index contributed by atoms with van der Waals surface area (Å²) in [5.74, 6) is -0.767. The minimum absolute atomic E-state index is 0.0432. The number of fused-ring (bicyclic) bond motifs is 2. The fraction of sp³-hybridized carbons (Fsp3) is 0.591. The fourth-order valence-electron chi connectivity index (χ4n) is 3.83. The monoisotopic (exact) mass is 451 g/mol. The number of methoxy groups -OCH3 is 1. The molecule has 3 aliphatic rings. The van der Waals surface area contributed by atoms with Crippen LogP contribution in [0, 0.1) is 12.8 Å². The summed E-state index contributed by atoms with van der Waals surface area (Å²) in [5, 5.41) is 0.0432. The van der Waals surface area contributed by atoms with Gasteiger partial charge < -0.3 is 9.16 Å². The van der Waals surface area contributed by atoms with E-state index in [0.29, 0.717) is 13.0 Å². The van der Waals surface area contributed by atoms with Crippen LogP contribution >= 0.6 is 0 Å². The van der Waals surface area contributed by atoms with Gasteiger partial charge in [-0.2, -0.15) is 0 Å². The second kappa shape index (κ2) is 7.58. The van der Waals surface area contributed by atoms with Gasteiger partial charge in [0.05, 0.1) is 10.9 Å². The van der Waals surface area contributed by atoms with E-state index >= 15 is 0 Å². The molecule has 0 saturated carbocycles. The number of amides is 1. The summed E-state index contributed by atoms with van der Waals surface area (Å²) in [7, 11) is -4.53. The lowest BCUT2D eigenvalue weighted by Crippen LogP contribution is -2.66. The van der Waals surface area contributed by atoms with Crippen molar-refractivity contribution in [2.45, 2.75) is 68.8 Å². The summed E-state index contributed by atoms with van der Waals surface area (Å²) < 4.78 is 39.7. The zero-order chi connectivity index (χ0) is 22.5. The number of nitrogens with zero attached hydrogens (tertiary/aromatic N) is 1. The van der Waals surface area contributed by atoms with Crippen LogP contribution in [0.25, 0.3) is 0 Å². The van der Waals surface area contributed by atoms with Crippen LogP contribution in [0.4, 0.5) is 0 Å². The largest absolute Gasteiger partial charge is 0.416 e. The van der Waals surface area contributed by atoms with E-state index in [1.165, 1.54) is 7.11 Å². The summed E-state index contributed by atoms with van der Waals surface area (Å²) >= 11 is 0. The molecule has 2 aliphatic heterocycles. The number of piperidine rings is 1. The van der Waals surface area contributed by atoms with Crippen LogP contribution in [0.2, 0.25) is 18.1 Å². The van der Waals surface area contributed by atoms with Crippen molar-refractivity contribution in [3.05, 3.63) is 42.0 Å². The predicted molar refractivity (Wildman–Crippen MR) is 119 cm³/mol. The Balaban J connectivity index is 1.91. The Labute approximate surface area is 181 Å². The summed E-state index contributed by atoms with van der Waals surface area (Å²) in [6, 6.07) is 6.02. The molecular formula is C22H33NO5SSi. The average Bonchev–Trinajstić information content (AvgIpc) is 2.66. The molecule has 1 aliphatic carbocycles. The van der Waals surface area contributed by atoms with Gasteiger partial charge >= 0.3 is 0 Å². The van der Waals surface area contributed by atoms with E-state index < -0.39 is 35.9 Å². The van der Waals surface area contributed by atoms with Crippen LogP contribution < -0.4 is 0 Å². The molecular weight excluding hydrogens is 418 g/mol. The summed E-state index contributed by atoms with van der Waals surface area (Å²) in [6.07, 6.45) is 3.99. The number of carbonyl (C=O) groups is 1. The van der Waals surface area contributed by atoms with Gasteiger partial charge in [0, 0.05) is 19.6 Å². The molecule has 2 heterocycles. The van der Waals surface area contributed by atoms with Crippen LogP contribution in [0.5, 0.6) is 0 Å². The second-order valence-electron chi connectivity index (χ2n) is 9.85. The van der Waals surface area contributed by atoms with Crippen LogP contribution in [0.3, 0.4) is 0 Å². The van der Waals surface area contributed by atoms with E-state index in [-0.39, 0.29) is 15.9 Å². The Kier molecular flexibility index (Phi) is 5.86. The first-order chi connectivity index (χ1) is 13.8. The Bertz CT molecular complexity index is 949. The maximum atomic E-state index is 13.5. The maximum absolute atomic E-state index is 13.5. The molecule has 0 radical (unpaired) electrons. The number of hydrogen-bond acceptors (Lipinski definition) is 5. The molecule has 0 aromatic heterocycles. The van der Waals surface area contributed by atoms with Gasteiger partial charge in [-0.05, 0) is 49.7 Å².